The molecule has 2 heterocycles. The summed E-state index contributed by atoms with van der Waals surface area (Å²) in [5.41, 5.74) is 1.18. The zero-order chi connectivity index (χ0) is 21.8. The van der Waals surface area contributed by atoms with Crippen LogP contribution in [0, 0.1) is 23.4 Å². The number of rotatable bonds is 5. The van der Waals surface area contributed by atoms with Crippen LogP contribution in [0.5, 0.6) is 0 Å². The zero-order valence-corrected chi connectivity index (χ0v) is 16.6. The largest absolute Gasteiger partial charge is 0.383 e. The predicted octanol–water partition coefficient (Wildman–Crippen LogP) is 3.62. The maximum Gasteiger partial charge on any atom is 0.223 e. The van der Waals surface area contributed by atoms with Crippen LogP contribution in [0.25, 0.3) is 22.2 Å². The van der Waals surface area contributed by atoms with Gasteiger partial charge in [-0.1, -0.05) is 0 Å². The fraction of sp³-hybridized carbons (Fsp3) is 0.348. The van der Waals surface area contributed by atoms with Gasteiger partial charge in [0.1, 0.15) is 23.1 Å². The number of halogens is 3. The van der Waals surface area contributed by atoms with Crippen LogP contribution in [0.3, 0.4) is 0 Å². The van der Waals surface area contributed by atoms with E-state index >= 15 is 0 Å². The second-order valence-electron chi connectivity index (χ2n) is 8.53. The Morgan fingerprint density at radius 1 is 1.13 bits per heavy atom. The molecule has 1 amide bonds. The highest BCUT2D eigenvalue weighted by molar-refractivity contribution is 5.92. The van der Waals surface area contributed by atoms with E-state index in [1.54, 1.807) is 12.1 Å². The molecule has 8 heteroatoms. The molecule has 2 aromatic carbocycles. The van der Waals surface area contributed by atoms with Crippen LogP contribution in [0.1, 0.15) is 24.3 Å². The van der Waals surface area contributed by atoms with E-state index in [0.29, 0.717) is 29.5 Å². The highest BCUT2D eigenvalue weighted by Gasteiger charge is 2.41. The quantitative estimate of drug-likeness (QED) is 0.579. The van der Waals surface area contributed by atoms with Gasteiger partial charge < -0.3 is 20.1 Å². The van der Waals surface area contributed by atoms with Crippen molar-refractivity contribution >= 4 is 16.8 Å². The summed E-state index contributed by atoms with van der Waals surface area (Å²) in [6.07, 6.45) is 1.03. The van der Waals surface area contributed by atoms with Gasteiger partial charge in [0.25, 0.3) is 0 Å². The molecule has 162 valence electrons. The Morgan fingerprint density at radius 3 is 2.48 bits per heavy atom. The predicted molar refractivity (Wildman–Crippen MR) is 108 cm³/mol. The maximum atomic E-state index is 14.4. The van der Waals surface area contributed by atoms with Gasteiger partial charge in [0, 0.05) is 17.4 Å². The van der Waals surface area contributed by atoms with E-state index in [2.05, 4.69) is 10.3 Å². The number of fused-ring (bicyclic) bond motifs is 1. The first-order chi connectivity index (χ1) is 14.8. The summed E-state index contributed by atoms with van der Waals surface area (Å²) >= 11 is 0. The fourth-order valence-corrected chi connectivity index (χ4v) is 4.41. The SMILES string of the molecule is O=C(NCC1(O)COC1)[C@H]1C[C@H](c2c(-c3ccc(F)cc3)[nH]c3c(F)cc(F)cc32)C1. The van der Waals surface area contributed by atoms with E-state index in [9.17, 15) is 23.1 Å². The van der Waals surface area contributed by atoms with Gasteiger partial charge in [0.05, 0.1) is 31.0 Å². The molecule has 0 unspecified atom stereocenters. The average molecular weight is 430 g/mol. The van der Waals surface area contributed by atoms with Crippen LogP contribution < -0.4 is 5.32 Å². The lowest BCUT2D eigenvalue weighted by molar-refractivity contribution is -0.176. The van der Waals surface area contributed by atoms with Gasteiger partial charge in [0.15, 0.2) is 0 Å². The normalized spacial score (nSPS) is 22.1. The molecule has 1 aliphatic carbocycles. The van der Waals surface area contributed by atoms with Crippen molar-refractivity contribution in [3.05, 3.63) is 59.4 Å². The summed E-state index contributed by atoms with van der Waals surface area (Å²) in [6, 6.07) is 7.91. The van der Waals surface area contributed by atoms with Crippen molar-refractivity contribution in [1.29, 1.82) is 0 Å². The molecule has 5 rings (SSSR count). The Labute approximate surface area is 176 Å². The minimum atomic E-state index is -1.000. The number of benzene rings is 2. The zero-order valence-electron chi connectivity index (χ0n) is 16.6. The second-order valence-corrected chi connectivity index (χ2v) is 8.53. The molecule has 5 nitrogen and oxygen atoms in total. The molecule has 2 fully saturated rings. The first kappa shape index (κ1) is 20.1. The van der Waals surface area contributed by atoms with Gasteiger partial charge in [-0.2, -0.15) is 0 Å². The van der Waals surface area contributed by atoms with Crippen molar-refractivity contribution in [2.24, 2.45) is 5.92 Å². The first-order valence-electron chi connectivity index (χ1n) is 10.2. The van der Waals surface area contributed by atoms with E-state index in [1.165, 1.54) is 18.2 Å². The lowest BCUT2D eigenvalue weighted by atomic mass is 9.69. The van der Waals surface area contributed by atoms with E-state index in [4.69, 9.17) is 4.74 Å². The minimum Gasteiger partial charge on any atom is -0.383 e. The van der Waals surface area contributed by atoms with Crippen LogP contribution in [0.15, 0.2) is 36.4 Å². The molecule has 1 aromatic heterocycles. The number of aliphatic hydroxyl groups is 1. The summed E-state index contributed by atoms with van der Waals surface area (Å²) < 4.78 is 46.8. The summed E-state index contributed by atoms with van der Waals surface area (Å²) in [7, 11) is 0. The van der Waals surface area contributed by atoms with E-state index < -0.39 is 23.1 Å². The average Bonchev–Trinajstić information content (AvgIpc) is 3.04. The number of H-pyrrole nitrogens is 1. The van der Waals surface area contributed by atoms with E-state index in [-0.39, 0.29) is 43.0 Å². The van der Waals surface area contributed by atoms with Crippen molar-refractivity contribution in [2.45, 2.75) is 24.4 Å². The Balaban J connectivity index is 1.42. The summed E-state index contributed by atoms with van der Waals surface area (Å²) in [6.45, 7) is 0.541. The topological polar surface area (TPSA) is 74.3 Å². The minimum absolute atomic E-state index is 0.0825. The lowest BCUT2D eigenvalue weighted by Crippen LogP contribution is -2.57. The third kappa shape index (κ3) is 3.59. The number of hydrogen-bond donors (Lipinski definition) is 3. The van der Waals surface area contributed by atoms with Gasteiger partial charge in [-0.3, -0.25) is 4.79 Å². The molecule has 3 aromatic rings. The van der Waals surface area contributed by atoms with Crippen LogP contribution in [0.2, 0.25) is 0 Å². The molecule has 2 aliphatic rings. The van der Waals surface area contributed by atoms with E-state index in [1.807, 2.05) is 0 Å². The van der Waals surface area contributed by atoms with Crippen molar-refractivity contribution in [3.63, 3.8) is 0 Å². The van der Waals surface area contributed by atoms with Crippen molar-refractivity contribution in [1.82, 2.24) is 10.3 Å². The first-order valence-corrected chi connectivity index (χ1v) is 10.2. The Bertz CT molecular complexity index is 1150. The maximum absolute atomic E-state index is 14.4. The molecule has 0 bridgehead atoms. The molecule has 0 radical (unpaired) electrons. The molecule has 1 saturated carbocycles. The molecule has 1 aliphatic heterocycles. The van der Waals surface area contributed by atoms with Crippen LogP contribution >= 0.6 is 0 Å². The third-order valence-corrected chi connectivity index (χ3v) is 6.25. The third-order valence-electron chi connectivity index (χ3n) is 6.25. The molecular formula is C23H21F3N2O3. The number of ether oxygens (including phenoxy) is 1. The molecule has 1 saturated heterocycles. The number of hydrogen-bond acceptors (Lipinski definition) is 3. The number of amides is 1. The molecular weight excluding hydrogens is 409 g/mol. The molecule has 31 heavy (non-hydrogen) atoms. The highest BCUT2D eigenvalue weighted by atomic mass is 19.1. The smallest absolute Gasteiger partial charge is 0.223 e. The van der Waals surface area contributed by atoms with Crippen molar-refractivity contribution in [3.8, 4) is 11.3 Å². The van der Waals surface area contributed by atoms with Crippen LogP contribution in [-0.4, -0.2) is 41.4 Å². The van der Waals surface area contributed by atoms with E-state index in [0.717, 1.165) is 11.6 Å². The highest BCUT2D eigenvalue weighted by Crippen LogP contribution is 2.48. The van der Waals surface area contributed by atoms with Gasteiger partial charge >= 0.3 is 0 Å². The van der Waals surface area contributed by atoms with Crippen LogP contribution in [0.4, 0.5) is 13.2 Å². The summed E-state index contributed by atoms with van der Waals surface area (Å²) in [5, 5.41) is 13.2. The summed E-state index contributed by atoms with van der Waals surface area (Å²) in [5.74, 6) is -2.26. The van der Waals surface area contributed by atoms with Crippen molar-refractivity contribution < 1.29 is 27.8 Å². The molecule has 0 atom stereocenters. The Hall–Kier alpha value is -2.84. The van der Waals surface area contributed by atoms with Gasteiger partial charge in [-0.25, -0.2) is 13.2 Å². The molecule has 3 N–H and O–H groups in total. The Morgan fingerprint density at radius 2 is 1.84 bits per heavy atom. The fourth-order valence-electron chi connectivity index (χ4n) is 4.41. The van der Waals surface area contributed by atoms with Gasteiger partial charge in [-0.15, -0.1) is 0 Å². The van der Waals surface area contributed by atoms with Gasteiger partial charge in [-0.05, 0) is 60.2 Å². The molecule has 0 spiro atoms. The Kier molecular flexibility index (Phi) is 4.79. The lowest BCUT2D eigenvalue weighted by Gasteiger charge is -2.38. The van der Waals surface area contributed by atoms with Crippen LogP contribution in [-0.2, 0) is 9.53 Å². The monoisotopic (exact) mass is 430 g/mol. The number of nitrogens with one attached hydrogen (secondary N) is 2. The van der Waals surface area contributed by atoms with Gasteiger partial charge in [0.2, 0.25) is 5.91 Å². The summed E-state index contributed by atoms with van der Waals surface area (Å²) in [4.78, 5) is 15.5. The van der Waals surface area contributed by atoms with Crippen molar-refractivity contribution in [2.75, 3.05) is 19.8 Å². The number of aromatic nitrogens is 1. The standard InChI is InChI=1S/C23H21F3N2O3/c24-15-3-1-12(2-4-15)20-19(17-7-16(25)8-18(26)21(17)28-20)13-5-14(6-13)22(29)27-9-23(30)10-31-11-23/h1-4,7-8,13-14,28,30H,5-6,9-11H2,(H,27,29)/t13-,14-. The number of carbonyl (C=O) groups excluding carboxylic acids is 1. The number of carbonyl (C=O) groups is 1. The second kappa shape index (κ2) is 7.39. The number of aromatic amines is 1.